The zero-order valence-electron chi connectivity index (χ0n) is 12.0. The van der Waals surface area contributed by atoms with Crippen molar-refractivity contribution in [1.29, 1.82) is 0 Å². The lowest BCUT2D eigenvalue weighted by atomic mass is 10.1. The van der Waals surface area contributed by atoms with Crippen molar-refractivity contribution in [2.45, 2.75) is 6.18 Å². The molecule has 2 aromatic heterocycles. The second-order valence-corrected chi connectivity index (χ2v) is 4.71. The second kappa shape index (κ2) is 6.11. The first kappa shape index (κ1) is 15.7. The fourth-order valence-corrected chi connectivity index (χ4v) is 2.06. The number of hydrogen-bond donors (Lipinski definition) is 1. The summed E-state index contributed by atoms with van der Waals surface area (Å²) in [5.41, 5.74) is -1.49. The lowest BCUT2D eigenvalue weighted by molar-refractivity contribution is -0.137. The van der Waals surface area contributed by atoms with E-state index in [2.05, 4.69) is 20.4 Å². The van der Waals surface area contributed by atoms with Crippen LogP contribution < -0.4 is 5.32 Å². The number of carbonyl (C=O) groups is 1. The number of alkyl halides is 3. The summed E-state index contributed by atoms with van der Waals surface area (Å²) >= 11 is 0. The Morgan fingerprint density at radius 3 is 2.62 bits per heavy atom. The van der Waals surface area contributed by atoms with Gasteiger partial charge in [0.15, 0.2) is 5.82 Å². The Balaban J connectivity index is 1.88. The summed E-state index contributed by atoms with van der Waals surface area (Å²) in [5, 5.41) is 6.32. The topological polar surface area (TPSA) is 72.7 Å². The minimum absolute atomic E-state index is 0.0671. The van der Waals surface area contributed by atoms with Gasteiger partial charge in [0.05, 0.1) is 11.1 Å². The van der Waals surface area contributed by atoms with E-state index >= 15 is 0 Å². The van der Waals surface area contributed by atoms with E-state index in [-0.39, 0.29) is 5.82 Å². The van der Waals surface area contributed by atoms with E-state index in [1.54, 1.807) is 18.5 Å². The molecular weight excluding hydrogens is 323 g/mol. The Hall–Kier alpha value is -3.23. The number of benzene rings is 1. The smallest absolute Gasteiger partial charge is 0.306 e. The molecule has 0 saturated heterocycles. The third-order valence-corrected chi connectivity index (χ3v) is 3.11. The van der Waals surface area contributed by atoms with Crippen LogP contribution in [0.2, 0.25) is 0 Å². The van der Waals surface area contributed by atoms with E-state index in [1.807, 2.05) is 0 Å². The van der Waals surface area contributed by atoms with Crippen LogP contribution in [0.3, 0.4) is 0 Å². The van der Waals surface area contributed by atoms with Gasteiger partial charge in [0.1, 0.15) is 12.1 Å². The first-order valence-electron chi connectivity index (χ1n) is 6.75. The molecule has 0 spiro atoms. The first-order chi connectivity index (χ1) is 11.4. The van der Waals surface area contributed by atoms with Gasteiger partial charge in [0.2, 0.25) is 0 Å². The van der Waals surface area contributed by atoms with Gasteiger partial charge in [-0.15, -0.1) is 0 Å². The van der Waals surface area contributed by atoms with Gasteiger partial charge in [0.25, 0.3) is 5.91 Å². The number of carbonyl (C=O) groups excluding carboxylic acids is 1. The van der Waals surface area contributed by atoms with E-state index in [4.69, 9.17) is 0 Å². The van der Waals surface area contributed by atoms with Crippen molar-refractivity contribution in [1.82, 2.24) is 19.7 Å². The zero-order chi connectivity index (χ0) is 17.2. The minimum atomic E-state index is -4.63. The second-order valence-electron chi connectivity index (χ2n) is 4.71. The molecule has 0 aliphatic rings. The maximum absolute atomic E-state index is 13.0. The lowest BCUT2D eigenvalue weighted by Crippen LogP contribution is -2.19. The van der Waals surface area contributed by atoms with E-state index < -0.39 is 23.2 Å². The molecule has 0 unspecified atom stereocenters. The third-order valence-electron chi connectivity index (χ3n) is 3.11. The predicted molar refractivity (Wildman–Crippen MR) is 78.6 cm³/mol. The molecule has 24 heavy (non-hydrogen) atoms. The lowest BCUT2D eigenvalue weighted by Gasteiger charge is -2.12. The number of aromatic nitrogens is 4. The largest absolute Gasteiger partial charge is 0.417 e. The fraction of sp³-hybridized carbons (Fsp3) is 0.0667. The van der Waals surface area contributed by atoms with E-state index in [0.29, 0.717) is 5.82 Å². The Morgan fingerprint density at radius 2 is 1.92 bits per heavy atom. The zero-order valence-corrected chi connectivity index (χ0v) is 12.0. The molecule has 6 nitrogen and oxygen atoms in total. The molecule has 0 atom stereocenters. The molecule has 0 radical (unpaired) electrons. The van der Waals surface area contributed by atoms with E-state index in [1.165, 1.54) is 29.2 Å². The van der Waals surface area contributed by atoms with Crippen LogP contribution in [0.5, 0.6) is 0 Å². The van der Waals surface area contributed by atoms with Gasteiger partial charge in [-0.25, -0.2) is 14.6 Å². The van der Waals surface area contributed by atoms with Crippen molar-refractivity contribution in [3.05, 3.63) is 66.2 Å². The summed E-state index contributed by atoms with van der Waals surface area (Å²) in [7, 11) is 0. The molecule has 122 valence electrons. The molecule has 1 N–H and O–H groups in total. The van der Waals surface area contributed by atoms with Crippen LogP contribution in [0.25, 0.3) is 5.82 Å². The molecule has 0 saturated carbocycles. The summed E-state index contributed by atoms with van der Waals surface area (Å²) in [4.78, 5) is 20.0. The highest BCUT2D eigenvalue weighted by Gasteiger charge is 2.34. The van der Waals surface area contributed by atoms with Gasteiger partial charge in [-0.2, -0.15) is 18.3 Å². The average molecular weight is 333 g/mol. The number of halogens is 3. The molecule has 2 heterocycles. The van der Waals surface area contributed by atoms with Crippen LogP contribution in [0.4, 0.5) is 19.0 Å². The van der Waals surface area contributed by atoms with Gasteiger partial charge < -0.3 is 5.32 Å². The number of nitrogens with one attached hydrogen (secondary N) is 1. The molecule has 3 rings (SSSR count). The minimum Gasteiger partial charge on any atom is -0.306 e. The summed E-state index contributed by atoms with van der Waals surface area (Å²) < 4.78 is 40.4. The maximum Gasteiger partial charge on any atom is 0.417 e. The SMILES string of the molecule is O=C(Nc1cc(-n2cccn2)ncn1)c1ccccc1C(F)(F)F. The molecule has 0 aliphatic heterocycles. The molecule has 9 heteroatoms. The molecule has 0 bridgehead atoms. The quantitative estimate of drug-likeness (QED) is 0.800. The Labute approximate surface area is 134 Å². The molecule has 3 aromatic rings. The number of nitrogens with zero attached hydrogens (tertiary/aromatic N) is 4. The predicted octanol–water partition coefficient (Wildman–Crippen LogP) is 2.93. The highest BCUT2D eigenvalue weighted by atomic mass is 19.4. The molecule has 0 aliphatic carbocycles. The van der Waals surface area contributed by atoms with Gasteiger partial charge in [-0.3, -0.25) is 4.79 Å². The summed E-state index contributed by atoms with van der Waals surface area (Å²) in [6, 6.07) is 7.62. The highest BCUT2D eigenvalue weighted by molar-refractivity contribution is 6.05. The molecule has 0 fully saturated rings. The first-order valence-corrected chi connectivity index (χ1v) is 6.75. The standard InChI is InChI=1S/C15H10F3N5O/c16-15(17,18)11-5-2-1-4-10(11)14(24)22-12-8-13(20-9-19-12)23-7-3-6-21-23/h1-9H,(H,19,20,22,24). The van der Waals surface area contributed by atoms with Gasteiger partial charge in [-0.1, -0.05) is 12.1 Å². The number of rotatable bonds is 3. The summed E-state index contributed by atoms with van der Waals surface area (Å²) in [6.45, 7) is 0. The fourth-order valence-electron chi connectivity index (χ4n) is 2.06. The van der Waals surface area contributed by atoms with Gasteiger partial charge in [0, 0.05) is 18.5 Å². The number of hydrogen-bond acceptors (Lipinski definition) is 4. The highest BCUT2D eigenvalue weighted by Crippen LogP contribution is 2.32. The van der Waals surface area contributed by atoms with Crippen LogP contribution in [-0.2, 0) is 6.18 Å². The normalized spacial score (nSPS) is 11.3. The van der Waals surface area contributed by atoms with E-state index in [9.17, 15) is 18.0 Å². The van der Waals surface area contributed by atoms with Crippen molar-refractivity contribution >= 4 is 11.7 Å². The van der Waals surface area contributed by atoms with Crippen molar-refractivity contribution in [3.63, 3.8) is 0 Å². The Bertz CT molecular complexity index is 862. The Morgan fingerprint density at radius 1 is 1.12 bits per heavy atom. The summed E-state index contributed by atoms with van der Waals surface area (Å²) in [5.74, 6) is -0.472. The molecular formula is C15H10F3N5O. The monoisotopic (exact) mass is 333 g/mol. The Kier molecular flexibility index (Phi) is 3.98. The van der Waals surface area contributed by atoms with Crippen molar-refractivity contribution in [3.8, 4) is 5.82 Å². The van der Waals surface area contributed by atoms with Gasteiger partial charge >= 0.3 is 6.18 Å². The molecule has 1 aromatic carbocycles. The van der Waals surface area contributed by atoms with E-state index in [0.717, 1.165) is 12.1 Å². The van der Waals surface area contributed by atoms with Crippen molar-refractivity contribution in [2.75, 3.05) is 5.32 Å². The van der Waals surface area contributed by atoms with Crippen LogP contribution in [-0.4, -0.2) is 25.7 Å². The van der Waals surface area contributed by atoms with Crippen LogP contribution >= 0.6 is 0 Å². The van der Waals surface area contributed by atoms with Crippen molar-refractivity contribution in [2.24, 2.45) is 0 Å². The maximum atomic E-state index is 13.0. The van der Waals surface area contributed by atoms with Crippen LogP contribution in [0, 0.1) is 0 Å². The number of amides is 1. The average Bonchev–Trinajstić information content (AvgIpc) is 3.09. The van der Waals surface area contributed by atoms with Gasteiger partial charge in [-0.05, 0) is 18.2 Å². The third kappa shape index (κ3) is 3.24. The molecule has 1 amide bonds. The van der Waals surface area contributed by atoms with Crippen molar-refractivity contribution < 1.29 is 18.0 Å². The van der Waals surface area contributed by atoms with Crippen LogP contribution in [0.1, 0.15) is 15.9 Å². The number of anilines is 1. The van der Waals surface area contributed by atoms with Crippen LogP contribution in [0.15, 0.2) is 55.1 Å². The summed E-state index contributed by atoms with van der Waals surface area (Å²) in [6.07, 6.45) is -0.269.